The highest BCUT2D eigenvalue weighted by molar-refractivity contribution is 7.52. The third-order valence-electron chi connectivity index (χ3n) is 8.38. The van der Waals surface area contributed by atoms with Crippen LogP contribution in [0.2, 0.25) is 0 Å². The first kappa shape index (κ1) is 41.4. The number of hydrogen-bond donors (Lipinski definition) is 8. The molecule has 8 N–H and O–H groups in total. The highest BCUT2D eigenvalue weighted by atomic mass is 31.2. The van der Waals surface area contributed by atoms with Crippen LogP contribution in [0.15, 0.2) is 0 Å². The number of carboxylic acid groups (broad SMARTS) is 1. The zero-order valence-corrected chi connectivity index (χ0v) is 28.0. The molecule has 0 spiro atoms. The van der Waals surface area contributed by atoms with E-state index in [4.69, 9.17) is 9.63 Å². The van der Waals surface area contributed by atoms with Crippen LogP contribution in [0.5, 0.6) is 0 Å². The van der Waals surface area contributed by atoms with Crippen LogP contribution in [0, 0.1) is 0 Å². The molecule has 0 saturated carbocycles. The fourth-order valence-corrected chi connectivity index (χ4v) is 6.60. The first-order valence-corrected chi connectivity index (χ1v) is 18.1. The number of nitrogens with zero attached hydrogens (tertiary/aromatic N) is 1. The average molecular weight is 668 g/mol. The summed E-state index contributed by atoms with van der Waals surface area (Å²) in [5.41, 5.74) is -1.95. The molecule has 264 valence electrons. The minimum Gasteiger partial charge on any atom is -0.479 e. The third kappa shape index (κ3) is 16.2. The zero-order chi connectivity index (χ0) is 33.9. The van der Waals surface area contributed by atoms with Gasteiger partial charge < -0.3 is 45.6 Å². The molecule has 2 amide bonds. The zero-order valence-electron chi connectivity index (χ0n) is 27.1. The van der Waals surface area contributed by atoms with E-state index in [9.17, 15) is 44.3 Å². The highest BCUT2D eigenvalue weighted by Gasteiger charge is 2.47. The molecule has 0 bridgehead atoms. The molecule has 1 heterocycles. The topological polar surface area (TPSA) is 226 Å². The quantitative estimate of drug-likeness (QED) is 0.0485. The van der Waals surface area contributed by atoms with Crippen LogP contribution in [0.3, 0.4) is 0 Å². The number of carbonyl (C=O) groups excluding carboxylic acids is 2. The molecule has 15 heteroatoms. The SMILES string of the molecule is CC(=O)NC[C@@H]1[C@@H](O)[C@H](O)[C@@H](CO)N1CCP(=O)(O)OCC(C)(NC(=O)CCCCCCCCCCCCCCCO)C(=O)O. The number of nitrogens with one attached hydrogen (secondary N) is 2. The largest absolute Gasteiger partial charge is 0.479 e. The summed E-state index contributed by atoms with van der Waals surface area (Å²) in [6.07, 6.45) is 10.8. The van der Waals surface area contributed by atoms with E-state index in [2.05, 4.69) is 10.6 Å². The molecular formula is C30H58N3O11P. The van der Waals surface area contributed by atoms with Crippen LogP contribution < -0.4 is 10.6 Å². The van der Waals surface area contributed by atoms with Crippen LogP contribution in [-0.4, -0.2) is 122 Å². The van der Waals surface area contributed by atoms with Crippen LogP contribution in [0.4, 0.5) is 0 Å². The van der Waals surface area contributed by atoms with Crippen LogP contribution in [-0.2, 0) is 23.5 Å². The van der Waals surface area contributed by atoms with Crippen molar-refractivity contribution in [3.05, 3.63) is 0 Å². The van der Waals surface area contributed by atoms with E-state index in [0.717, 1.165) is 38.5 Å². The second-order valence-electron chi connectivity index (χ2n) is 12.4. The Labute approximate surface area is 267 Å². The highest BCUT2D eigenvalue weighted by Crippen LogP contribution is 2.43. The van der Waals surface area contributed by atoms with Crippen molar-refractivity contribution < 1.29 is 53.9 Å². The van der Waals surface area contributed by atoms with Gasteiger partial charge in [-0.25, -0.2) is 4.79 Å². The van der Waals surface area contributed by atoms with E-state index in [-0.39, 0.29) is 32.0 Å². The molecule has 0 aromatic carbocycles. The lowest BCUT2D eigenvalue weighted by molar-refractivity contribution is -0.148. The summed E-state index contributed by atoms with van der Waals surface area (Å²) >= 11 is 0. The molecular weight excluding hydrogens is 609 g/mol. The van der Waals surface area contributed by atoms with Crippen molar-refractivity contribution in [3.63, 3.8) is 0 Å². The molecule has 1 rings (SSSR count). The summed E-state index contributed by atoms with van der Waals surface area (Å²) in [6.45, 7) is 1.14. The lowest BCUT2D eigenvalue weighted by atomic mass is 10.0. The normalized spacial score (nSPS) is 22.9. The monoisotopic (exact) mass is 667 g/mol. The van der Waals surface area contributed by atoms with Crippen molar-refractivity contribution in [2.75, 3.05) is 39.1 Å². The van der Waals surface area contributed by atoms with Gasteiger partial charge in [0.05, 0.1) is 43.7 Å². The molecule has 45 heavy (non-hydrogen) atoms. The van der Waals surface area contributed by atoms with E-state index in [1.54, 1.807) is 0 Å². The number of rotatable bonds is 26. The summed E-state index contributed by atoms with van der Waals surface area (Å²) in [5, 5.41) is 53.8. The van der Waals surface area contributed by atoms with Gasteiger partial charge in [-0.1, -0.05) is 70.6 Å². The molecule has 6 atom stereocenters. The van der Waals surface area contributed by atoms with Crippen molar-refractivity contribution >= 4 is 25.4 Å². The van der Waals surface area contributed by atoms with Crippen molar-refractivity contribution in [1.82, 2.24) is 15.5 Å². The Hall–Kier alpha value is -1.64. The minimum atomic E-state index is -4.41. The fourth-order valence-electron chi connectivity index (χ4n) is 5.52. The molecule has 14 nitrogen and oxygen atoms in total. The first-order valence-electron chi connectivity index (χ1n) is 16.4. The van der Waals surface area contributed by atoms with Gasteiger partial charge in [0.25, 0.3) is 0 Å². The molecule has 0 aromatic rings. The number of aliphatic hydroxyl groups excluding tert-OH is 4. The Kier molecular flexibility index (Phi) is 20.3. The maximum Gasteiger partial charge on any atom is 0.331 e. The third-order valence-corrected chi connectivity index (χ3v) is 9.68. The molecule has 1 fully saturated rings. The molecule has 1 aliphatic heterocycles. The molecule has 0 radical (unpaired) electrons. The second-order valence-corrected chi connectivity index (χ2v) is 14.3. The summed E-state index contributed by atoms with van der Waals surface area (Å²) in [7, 11) is -4.41. The number of hydrogen-bond acceptors (Lipinski definition) is 10. The number of likely N-dealkylation sites (tertiary alicyclic amines) is 1. The first-order chi connectivity index (χ1) is 21.3. The Morgan fingerprint density at radius 1 is 0.844 bits per heavy atom. The summed E-state index contributed by atoms with van der Waals surface area (Å²) in [5.74, 6) is -2.31. The van der Waals surface area contributed by atoms with E-state index in [0.29, 0.717) is 6.42 Å². The van der Waals surface area contributed by atoms with Gasteiger partial charge in [0.15, 0.2) is 5.54 Å². The number of amides is 2. The molecule has 1 saturated heterocycles. The summed E-state index contributed by atoms with van der Waals surface area (Å²) in [4.78, 5) is 47.7. The van der Waals surface area contributed by atoms with Gasteiger partial charge in [-0.2, -0.15) is 0 Å². The Balaban J connectivity index is 2.41. The Bertz CT molecular complexity index is 928. The van der Waals surface area contributed by atoms with Gasteiger partial charge in [0.1, 0.15) is 0 Å². The summed E-state index contributed by atoms with van der Waals surface area (Å²) in [6, 6.07) is -1.79. The molecule has 0 aliphatic carbocycles. The van der Waals surface area contributed by atoms with Gasteiger partial charge in [-0.05, 0) is 19.8 Å². The smallest absolute Gasteiger partial charge is 0.331 e. The summed E-state index contributed by atoms with van der Waals surface area (Å²) < 4.78 is 17.9. The number of carbonyl (C=O) groups is 3. The van der Waals surface area contributed by atoms with Crippen LogP contribution >= 0.6 is 7.60 Å². The van der Waals surface area contributed by atoms with Gasteiger partial charge in [0.2, 0.25) is 11.8 Å². The number of carboxylic acids is 1. The Morgan fingerprint density at radius 2 is 1.33 bits per heavy atom. The molecule has 2 unspecified atom stereocenters. The number of aliphatic hydroxyl groups is 4. The van der Waals surface area contributed by atoms with E-state index in [1.165, 1.54) is 57.3 Å². The maximum atomic E-state index is 12.8. The van der Waals surface area contributed by atoms with Crippen LogP contribution in [0.25, 0.3) is 0 Å². The molecule has 0 aromatic heterocycles. The second kappa shape index (κ2) is 22.0. The van der Waals surface area contributed by atoms with Crippen molar-refractivity contribution in [3.8, 4) is 0 Å². The van der Waals surface area contributed by atoms with Crippen LogP contribution in [0.1, 0.15) is 104 Å². The van der Waals surface area contributed by atoms with Crippen molar-refractivity contribution in [1.29, 1.82) is 0 Å². The average Bonchev–Trinajstić information content (AvgIpc) is 3.21. The van der Waals surface area contributed by atoms with Gasteiger partial charge in [-0.15, -0.1) is 0 Å². The van der Waals surface area contributed by atoms with E-state index < -0.39 is 68.7 Å². The fraction of sp³-hybridized carbons (Fsp3) is 0.900. The van der Waals surface area contributed by atoms with E-state index in [1.807, 2.05) is 0 Å². The lowest BCUT2D eigenvalue weighted by Crippen LogP contribution is -2.55. The Morgan fingerprint density at radius 3 is 1.80 bits per heavy atom. The minimum absolute atomic E-state index is 0.0719. The van der Waals surface area contributed by atoms with Gasteiger partial charge in [-0.3, -0.25) is 19.1 Å². The van der Waals surface area contributed by atoms with Crippen molar-refractivity contribution in [2.45, 2.75) is 134 Å². The predicted molar refractivity (Wildman–Crippen MR) is 169 cm³/mol. The maximum absolute atomic E-state index is 12.8. The lowest BCUT2D eigenvalue weighted by Gasteiger charge is -2.31. The van der Waals surface area contributed by atoms with Crippen molar-refractivity contribution in [2.24, 2.45) is 0 Å². The number of unbranched alkanes of at least 4 members (excludes halogenated alkanes) is 12. The molecule has 1 aliphatic rings. The van der Waals surface area contributed by atoms with Gasteiger partial charge in [0, 0.05) is 33.0 Å². The standard InChI is InChI=1S/C30H58N3O11P/c1-23(36)31-20-24-27(38)28(39)25(21-35)33(24)17-19-45(42,43)44-22-30(2,29(40)41)32-26(37)16-14-12-10-8-6-4-3-5-7-9-11-13-15-18-34/h24-25,27-28,34-35,38-39H,3-22H2,1-2H3,(H,31,36)(H,32,37)(H,40,41)(H,42,43)/t24-,25-,27-,28-,30?/m1/s1. The predicted octanol–water partition coefficient (Wildman–Crippen LogP) is 1.50. The van der Waals surface area contributed by atoms with Gasteiger partial charge >= 0.3 is 13.6 Å². The number of aliphatic carboxylic acids is 1. The van der Waals surface area contributed by atoms with E-state index >= 15 is 0 Å².